The summed E-state index contributed by atoms with van der Waals surface area (Å²) in [5.74, 6) is -2.02. The van der Waals surface area contributed by atoms with Gasteiger partial charge in [0.15, 0.2) is 0 Å². The molecule has 0 N–H and O–H groups in total. The summed E-state index contributed by atoms with van der Waals surface area (Å²) >= 11 is 12.4. The molecule has 0 aromatic heterocycles. The van der Waals surface area contributed by atoms with Gasteiger partial charge in [0.05, 0.1) is 66.7 Å². The van der Waals surface area contributed by atoms with Gasteiger partial charge in [0.1, 0.15) is 20.1 Å². The first-order chi connectivity index (χ1) is 63.7. The number of methoxy groups -OCH3 is 2. The van der Waals surface area contributed by atoms with E-state index in [1.165, 1.54) is 143 Å². The van der Waals surface area contributed by atoms with Crippen molar-refractivity contribution < 1.29 is 264 Å². The molecule has 26 heteroatoms. The Morgan fingerprint density at radius 1 is 0.370 bits per heavy atom. The minimum atomic E-state index is -1.34. The molecule has 20 rings (SSSR count). The molecular formula is C109H96K4N6O12S4. The van der Waals surface area contributed by atoms with Crippen molar-refractivity contribution in [2.75, 3.05) is 46.9 Å². The summed E-state index contributed by atoms with van der Waals surface area (Å²) in [6.45, 7) is 1.09. The molecule has 6 fully saturated rings. The number of anilines is 8. The normalized spacial score (nSPS) is 20.7. The third-order valence-corrected chi connectivity index (χ3v) is 29.1. The molecule has 4 aliphatic carbocycles. The zero-order chi connectivity index (χ0) is 90.9. The van der Waals surface area contributed by atoms with E-state index in [0.29, 0.717) is 57.6 Å². The molecule has 6 heterocycles. The molecule has 6 aliphatic heterocycles. The van der Waals surface area contributed by atoms with Gasteiger partial charge in [-0.1, -0.05) is 268 Å². The largest absolute Gasteiger partial charge is 1.00 e. The van der Waals surface area contributed by atoms with Gasteiger partial charge in [-0.2, -0.15) is 0 Å². The van der Waals surface area contributed by atoms with Crippen molar-refractivity contribution in [3.8, 4) is 11.5 Å². The fraction of sp³-hybridized carbons (Fsp3) is 0.229. The maximum absolute atomic E-state index is 12.4. The zero-order valence-corrected chi connectivity index (χ0v) is 92.4. The summed E-state index contributed by atoms with van der Waals surface area (Å²) in [7, 11) is 3.33. The van der Waals surface area contributed by atoms with Gasteiger partial charge in [-0.25, -0.2) is 0 Å². The first kappa shape index (κ1) is 105. The first-order valence-corrected chi connectivity index (χ1v) is 46.9. The van der Waals surface area contributed by atoms with Gasteiger partial charge >= 0.3 is 206 Å². The molecular weight excluding hydrogens is 1870 g/mol. The summed E-state index contributed by atoms with van der Waals surface area (Å²) in [4.78, 5) is 81.1. The van der Waals surface area contributed by atoms with Crippen LogP contribution in [0.2, 0.25) is 0 Å². The van der Waals surface area contributed by atoms with Gasteiger partial charge in [-0.15, -0.1) is 0 Å². The monoisotopic (exact) mass is 1960 g/mol. The van der Waals surface area contributed by atoms with Gasteiger partial charge in [-0.05, 0) is 240 Å². The summed E-state index contributed by atoms with van der Waals surface area (Å²) in [5.41, 5.74) is 23.8. The number of aromatic carboxylic acids is 2. The molecule has 2 amide bonds. The smallest absolute Gasteiger partial charge is 0.548 e. The number of amides is 2. The number of hydrogen-bond acceptors (Lipinski definition) is 20. The number of aliphatic carboxylic acids is 2. The van der Waals surface area contributed by atoms with Crippen molar-refractivity contribution in [3.05, 3.63) is 356 Å². The number of carboxylic acids is 4. The first-order valence-electron chi connectivity index (χ1n) is 44.4. The molecule has 0 radical (unpaired) electrons. The molecule has 2 saturated heterocycles. The summed E-state index contributed by atoms with van der Waals surface area (Å²) in [5, 5.41) is 43.4. The summed E-state index contributed by atoms with van der Waals surface area (Å²) in [6, 6.07) is 80.1. The number of carbonyl (C=O) groups excluding carboxylic acids is 6. The Morgan fingerprint density at radius 2 is 0.696 bits per heavy atom. The number of allylic oxidation sites excluding steroid dienone is 9. The van der Waals surface area contributed by atoms with Crippen LogP contribution < -0.4 is 255 Å². The third kappa shape index (κ3) is 24.2. The Labute approximate surface area is 978 Å². The molecule has 135 heavy (non-hydrogen) atoms. The molecule has 10 aliphatic rings. The van der Waals surface area contributed by atoms with E-state index in [4.69, 9.17) is 33.9 Å². The molecule has 10 aromatic rings. The second kappa shape index (κ2) is 49.0. The van der Waals surface area contributed by atoms with Crippen LogP contribution in [0.3, 0.4) is 0 Å². The van der Waals surface area contributed by atoms with E-state index in [1.54, 1.807) is 81.0 Å². The average Bonchev–Trinajstić information content (AvgIpc) is 1.59. The molecule has 4 saturated carbocycles. The molecule has 8 atom stereocenters. The molecule has 662 valence electrons. The van der Waals surface area contributed by atoms with Crippen LogP contribution in [0, 0.1) is 0 Å². The van der Waals surface area contributed by atoms with E-state index < -0.39 is 48.8 Å². The average molecular weight is 1970 g/mol. The predicted octanol–water partition coefficient (Wildman–Crippen LogP) is 7.52. The maximum Gasteiger partial charge on any atom is 1.00 e. The van der Waals surface area contributed by atoms with Crippen LogP contribution in [0.5, 0.6) is 11.5 Å². The fourth-order valence-electron chi connectivity index (χ4n) is 20.4. The Hall–Kier alpha value is -6.83. The molecule has 10 aromatic carbocycles. The van der Waals surface area contributed by atoms with Crippen LogP contribution in [0.1, 0.15) is 184 Å². The fourth-order valence-corrected chi connectivity index (χ4v) is 22.8. The number of thiocarbonyl (C=S) groups is 2. The number of benzene rings is 10. The van der Waals surface area contributed by atoms with Crippen LogP contribution in [0.4, 0.5) is 45.5 Å². The van der Waals surface area contributed by atoms with Gasteiger partial charge < -0.3 is 68.7 Å². The van der Waals surface area contributed by atoms with E-state index in [2.05, 4.69) is 202 Å². The van der Waals surface area contributed by atoms with Crippen molar-refractivity contribution in [2.24, 2.45) is 0 Å². The second-order valence-electron chi connectivity index (χ2n) is 34.0. The van der Waals surface area contributed by atoms with E-state index in [-0.39, 0.29) is 225 Å². The van der Waals surface area contributed by atoms with Crippen LogP contribution in [-0.2, 0) is 19.2 Å². The van der Waals surface area contributed by atoms with E-state index in [1.807, 2.05) is 66.8 Å². The number of rotatable bonds is 22. The van der Waals surface area contributed by atoms with Crippen molar-refractivity contribution >= 4 is 174 Å². The summed E-state index contributed by atoms with van der Waals surface area (Å²) in [6.07, 6.45) is 39.8. The topological polar surface area (TPSA) is 233 Å². The van der Waals surface area contributed by atoms with Crippen molar-refractivity contribution in [1.82, 2.24) is 9.80 Å². The van der Waals surface area contributed by atoms with E-state index in [0.717, 1.165) is 85.6 Å². The van der Waals surface area contributed by atoms with Crippen LogP contribution in [0.15, 0.2) is 289 Å². The molecule has 8 unspecified atom stereocenters. The van der Waals surface area contributed by atoms with E-state index >= 15 is 0 Å². The third-order valence-electron chi connectivity index (χ3n) is 26.3. The zero-order valence-electron chi connectivity index (χ0n) is 76.7. The maximum atomic E-state index is 12.4. The SMILES string of the molecule is CC(=CC=Cc1ccc(C(=O)[O-])cc1)c1ccc2c(c1)C1CCCC1N2c1ccccc1.COc1ccc(N2c3ccc(C=C/C=C4/SC(=S)N(CC(=O)[O-])C4=O)cc3C3CCCC32)c(OC)c1.O=C([O-])CN1C(=O)/C(=C\C=Cc2ccc3c(c2)C2CCCC2N3c2ccccc2)SC1=S.O=C([O-])c1ccc(C=CC=Cc2ccc3c(c2)C2CCCC2N3c2ccccc2)cc1.[K+].[K+].[K+].[K+]. The number of ether oxygens (including phenoxy) is 2. The number of thioether (sulfide) groups is 2. The van der Waals surface area contributed by atoms with Crippen LogP contribution >= 0.6 is 48.0 Å². The number of hydrogen-bond donors (Lipinski definition) is 0. The number of nitrogens with zero attached hydrogens (tertiary/aromatic N) is 6. The Morgan fingerprint density at radius 3 is 1.07 bits per heavy atom. The molecule has 18 nitrogen and oxygen atoms in total. The number of carboxylic acid groups (broad SMARTS) is 4. The standard InChI is InChI=1S/C29H27NO2.C28H25NO2.C27H26N2O5S2.C25H22N2O3S2.4K/c1-20(7-5-8-21-13-15-22(16-14-21)29(31)32)23-17-18-28-26(19-23)25-11-6-12-27(25)30(28)24-9-3-2-4-10-24;30-28(31)22-16-13-20(14-17-22)7-4-5-8-21-15-18-27-25(19-21)24-11-6-12-26(24)29(27)23-9-2-1-3-10-23;1-33-17-10-12-22(23(14-17)34-2)29-20-7-4-6-18(20)19-13-16(9-11-21(19)29)5-3-8-24-26(32)28(15-25(30)31)27(35)36-24;28-23(29)15-26-24(30)22(32-25(26)31)11-4-6-16-12-13-21-19(14-16)18-9-5-10-20(18)27(21)17-7-2-1-3-8-17;;;;/h2-5,7-10,13-19,25,27H,6,11-12H2,1H3,(H,31,32);1-5,7-10,13-19,24,26H,6,11-12H2,(H,30,31);3,5,8-14,18,20H,4,6-7,15H2,1-2H3,(H,30,31);1-4,6-8,11-14,18,20H,5,9-10,15H2,(H,28,29);;;;/q;;;;4*+1/p-4/b;;5-3?,24-8+;6-4?,22-11+;;;;. The Bertz CT molecular complexity index is 6350. The molecule has 0 bridgehead atoms. The van der Waals surface area contributed by atoms with Crippen molar-refractivity contribution in [1.29, 1.82) is 0 Å². The van der Waals surface area contributed by atoms with Crippen molar-refractivity contribution in [2.45, 2.75) is 132 Å². The number of fused-ring (bicyclic) bond motifs is 12. The minimum Gasteiger partial charge on any atom is -0.548 e. The quantitative estimate of drug-likeness (QED) is 0.0276. The Balaban J connectivity index is 0.000000151. The van der Waals surface area contributed by atoms with E-state index in [9.17, 15) is 49.2 Å². The van der Waals surface area contributed by atoms with Gasteiger partial charge in [0, 0.05) is 93.7 Å². The van der Waals surface area contributed by atoms with Gasteiger partial charge in [-0.3, -0.25) is 19.4 Å². The minimum absolute atomic E-state index is 0. The molecule has 0 spiro atoms. The van der Waals surface area contributed by atoms with Crippen molar-refractivity contribution in [3.63, 3.8) is 0 Å². The van der Waals surface area contributed by atoms with Crippen LogP contribution in [0.25, 0.3) is 36.0 Å². The Kier molecular flexibility index (Phi) is 38.3. The number of para-hydroxylation sites is 3. The van der Waals surface area contributed by atoms with Crippen LogP contribution in [-0.4, -0.2) is 106 Å². The van der Waals surface area contributed by atoms with Gasteiger partial charge in [0.25, 0.3) is 11.8 Å². The van der Waals surface area contributed by atoms with Gasteiger partial charge in [0.2, 0.25) is 0 Å². The number of carbonyl (C=O) groups is 6. The second-order valence-corrected chi connectivity index (χ2v) is 37.3. The predicted molar refractivity (Wildman–Crippen MR) is 525 cm³/mol. The summed E-state index contributed by atoms with van der Waals surface area (Å²) < 4.78 is 11.6.